The summed E-state index contributed by atoms with van der Waals surface area (Å²) in [5.41, 5.74) is 3.43. The molecule has 0 aliphatic heterocycles. The van der Waals surface area contributed by atoms with Crippen molar-refractivity contribution in [2.75, 3.05) is 10.6 Å². The van der Waals surface area contributed by atoms with Gasteiger partial charge in [0.1, 0.15) is 0 Å². The fourth-order valence-corrected chi connectivity index (χ4v) is 2.54. The normalized spacial score (nSPS) is 10.3. The average molecular weight is 334 g/mol. The van der Waals surface area contributed by atoms with Crippen molar-refractivity contribution in [3.05, 3.63) is 83.9 Å². The van der Waals surface area contributed by atoms with E-state index in [1.165, 1.54) is 6.07 Å². The highest BCUT2D eigenvalue weighted by atomic mass is 16.4. The molecule has 3 aromatic carbocycles. The van der Waals surface area contributed by atoms with Gasteiger partial charge >= 0.3 is 5.97 Å². The summed E-state index contributed by atoms with van der Waals surface area (Å²) in [6.07, 6.45) is 0. The van der Waals surface area contributed by atoms with Crippen molar-refractivity contribution in [2.45, 2.75) is 6.61 Å². The number of anilines is 4. The molecule has 126 valence electrons. The molecule has 0 saturated carbocycles. The molecule has 25 heavy (non-hydrogen) atoms. The Morgan fingerprint density at radius 2 is 1.28 bits per heavy atom. The van der Waals surface area contributed by atoms with Gasteiger partial charge in [0.2, 0.25) is 0 Å². The van der Waals surface area contributed by atoms with Crippen LogP contribution in [-0.2, 0) is 6.61 Å². The molecule has 0 heterocycles. The number of hydrogen-bond donors (Lipinski definition) is 4. The van der Waals surface area contributed by atoms with Gasteiger partial charge < -0.3 is 20.8 Å². The zero-order valence-corrected chi connectivity index (χ0v) is 13.4. The molecule has 0 radical (unpaired) electrons. The minimum atomic E-state index is -1.08. The average Bonchev–Trinajstić information content (AvgIpc) is 2.64. The van der Waals surface area contributed by atoms with Crippen LogP contribution >= 0.6 is 0 Å². The van der Waals surface area contributed by atoms with Gasteiger partial charge in [-0.05, 0) is 42.0 Å². The Labute approximate surface area is 145 Å². The van der Waals surface area contributed by atoms with Gasteiger partial charge in [-0.2, -0.15) is 0 Å². The summed E-state index contributed by atoms with van der Waals surface area (Å²) in [5, 5.41) is 25.4. The van der Waals surface area contributed by atoms with Gasteiger partial charge in [-0.25, -0.2) is 4.79 Å². The summed E-state index contributed by atoms with van der Waals surface area (Å²) >= 11 is 0. The summed E-state index contributed by atoms with van der Waals surface area (Å²) in [4.78, 5) is 11.5. The second-order valence-electron chi connectivity index (χ2n) is 5.50. The standard InChI is InChI=1S/C20H18N2O3/c23-13-14-11-18(21-15-7-3-1-4-8-15)19(12-17(14)20(24)25)22-16-9-5-2-6-10-16/h1-12,21-23H,13H2,(H,24,25). The number of carboxylic acid groups (broad SMARTS) is 1. The molecule has 0 aliphatic rings. The second kappa shape index (κ2) is 7.51. The lowest BCUT2D eigenvalue weighted by molar-refractivity contribution is 0.0693. The van der Waals surface area contributed by atoms with Crippen molar-refractivity contribution in [2.24, 2.45) is 0 Å². The number of carbonyl (C=O) groups is 1. The van der Waals surface area contributed by atoms with Crippen molar-refractivity contribution in [3.8, 4) is 0 Å². The summed E-state index contributed by atoms with van der Waals surface area (Å²) in [6.45, 7) is -0.350. The Morgan fingerprint density at radius 1 is 0.800 bits per heavy atom. The molecule has 0 spiro atoms. The van der Waals surface area contributed by atoms with Crippen LogP contribution in [0.15, 0.2) is 72.8 Å². The zero-order valence-electron chi connectivity index (χ0n) is 13.4. The Morgan fingerprint density at radius 3 is 1.72 bits per heavy atom. The number of benzene rings is 3. The Hall–Kier alpha value is -3.31. The third-order valence-corrected chi connectivity index (χ3v) is 3.75. The quantitative estimate of drug-likeness (QED) is 0.538. The topological polar surface area (TPSA) is 81.6 Å². The molecule has 0 bridgehead atoms. The van der Waals surface area contributed by atoms with Gasteiger partial charge in [0.15, 0.2) is 0 Å². The number of aliphatic hydroxyl groups excluding tert-OH is 1. The van der Waals surface area contributed by atoms with E-state index in [-0.39, 0.29) is 12.2 Å². The lowest BCUT2D eigenvalue weighted by Gasteiger charge is -2.17. The molecule has 0 fully saturated rings. The lowest BCUT2D eigenvalue weighted by atomic mass is 10.0. The van der Waals surface area contributed by atoms with E-state index in [0.29, 0.717) is 16.9 Å². The van der Waals surface area contributed by atoms with E-state index in [0.717, 1.165) is 11.4 Å². The lowest BCUT2D eigenvalue weighted by Crippen LogP contribution is -2.06. The molecular formula is C20H18N2O3. The molecule has 4 N–H and O–H groups in total. The number of nitrogens with one attached hydrogen (secondary N) is 2. The second-order valence-corrected chi connectivity index (χ2v) is 5.50. The summed E-state index contributed by atoms with van der Waals surface area (Å²) in [5.74, 6) is -1.08. The maximum Gasteiger partial charge on any atom is 0.336 e. The Kier molecular flexibility index (Phi) is 4.97. The minimum Gasteiger partial charge on any atom is -0.478 e. The maximum absolute atomic E-state index is 11.5. The molecule has 0 amide bonds. The number of rotatable bonds is 6. The maximum atomic E-state index is 11.5. The van der Waals surface area contributed by atoms with Crippen molar-refractivity contribution in [1.82, 2.24) is 0 Å². The molecule has 0 saturated heterocycles. The Bertz CT molecular complexity index is 865. The molecular weight excluding hydrogens is 316 g/mol. The van der Waals surface area contributed by atoms with Crippen LogP contribution < -0.4 is 10.6 Å². The highest BCUT2D eigenvalue weighted by molar-refractivity contribution is 5.94. The van der Waals surface area contributed by atoms with Crippen LogP contribution in [0.1, 0.15) is 15.9 Å². The molecule has 5 heteroatoms. The van der Waals surface area contributed by atoms with Crippen LogP contribution in [0.4, 0.5) is 22.7 Å². The van der Waals surface area contributed by atoms with Crippen molar-refractivity contribution in [3.63, 3.8) is 0 Å². The number of carboxylic acids is 1. The highest BCUT2D eigenvalue weighted by Gasteiger charge is 2.15. The highest BCUT2D eigenvalue weighted by Crippen LogP contribution is 2.32. The number of aliphatic hydroxyl groups is 1. The first-order valence-electron chi connectivity index (χ1n) is 7.82. The largest absolute Gasteiger partial charge is 0.478 e. The van der Waals surface area contributed by atoms with Gasteiger partial charge in [-0.15, -0.1) is 0 Å². The van der Waals surface area contributed by atoms with Crippen molar-refractivity contribution in [1.29, 1.82) is 0 Å². The predicted octanol–water partition coefficient (Wildman–Crippen LogP) is 4.36. The van der Waals surface area contributed by atoms with Gasteiger partial charge in [0.05, 0.1) is 23.5 Å². The first-order valence-corrected chi connectivity index (χ1v) is 7.82. The van der Waals surface area contributed by atoms with E-state index < -0.39 is 5.97 Å². The van der Waals surface area contributed by atoms with Gasteiger partial charge in [0, 0.05) is 11.4 Å². The van der Waals surface area contributed by atoms with E-state index in [9.17, 15) is 15.0 Å². The predicted molar refractivity (Wildman–Crippen MR) is 98.8 cm³/mol. The van der Waals surface area contributed by atoms with E-state index in [4.69, 9.17) is 0 Å². The first-order chi connectivity index (χ1) is 12.2. The van der Waals surface area contributed by atoms with Crippen LogP contribution in [0, 0.1) is 0 Å². The summed E-state index contributed by atoms with van der Waals surface area (Å²) < 4.78 is 0. The molecule has 0 unspecified atom stereocenters. The van der Waals surface area contributed by atoms with Gasteiger partial charge in [-0.3, -0.25) is 0 Å². The fraction of sp³-hybridized carbons (Fsp3) is 0.0500. The van der Waals surface area contributed by atoms with Crippen LogP contribution in [0.2, 0.25) is 0 Å². The number of para-hydroxylation sites is 2. The molecule has 5 nitrogen and oxygen atoms in total. The van der Waals surface area contributed by atoms with E-state index in [1.807, 2.05) is 60.7 Å². The minimum absolute atomic E-state index is 0.0690. The van der Waals surface area contributed by atoms with E-state index >= 15 is 0 Å². The van der Waals surface area contributed by atoms with Gasteiger partial charge in [-0.1, -0.05) is 36.4 Å². The molecule has 3 aromatic rings. The smallest absolute Gasteiger partial charge is 0.336 e. The molecule has 0 aliphatic carbocycles. The summed E-state index contributed by atoms with van der Waals surface area (Å²) in [6, 6.07) is 22.2. The van der Waals surface area contributed by atoms with Crippen molar-refractivity contribution < 1.29 is 15.0 Å². The summed E-state index contributed by atoms with van der Waals surface area (Å²) in [7, 11) is 0. The molecule has 0 aromatic heterocycles. The SMILES string of the molecule is O=C(O)c1cc(Nc2ccccc2)c(Nc2ccccc2)cc1CO. The van der Waals surface area contributed by atoms with Crippen LogP contribution in [0.5, 0.6) is 0 Å². The zero-order chi connectivity index (χ0) is 17.6. The van der Waals surface area contributed by atoms with E-state index in [2.05, 4.69) is 10.6 Å². The monoisotopic (exact) mass is 334 g/mol. The first kappa shape index (κ1) is 16.5. The van der Waals surface area contributed by atoms with Gasteiger partial charge in [0.25, 0.3) is 0 Å². The van der Waals surface area contributed by atoms with Crippen LogP contribution in [0.3, 0.4) is 0 Å². The Balaban J connectivity index is 2.05. The number of aromatic carboxylic acids is 1. The molecule has 0 atom stereocenters. The van der Waals surface area contributed by atoms with Crippen molar-refractivity contribution >= 4 is 28.7 Å². The third-order valence-electron chi connectivity index (χ3n) is 3.75. The van der Waals surface area contributed by atoms with Crippen LogP contribution in [0.25, 0.3) is 0 Å². The number of hydrogen-bond acceptors (Lipinski definition) is 4. The van der Waals surface area contributed by atoms with E-state index in [1.54, 1.807) is 6.07 Å². The molecule has 3 rings (SSSR count). The third kappa shape index (κ3) is 3.97. The van der Waals surface area contributed by atoms with Crippen LogP contribution in [-0.4, -0.2) is 16.2 Å². The fourth-order valence-electron chi connectivity index (χ4n) is 2.54.